The summed E-state index contributed by atoms with van der Waals surface area (Å²) in [6, 6.07) is 11.7. The van der Waals surface area contributed by atoms with Crippen molar-refractivity contribution in [2.75, 3.05) is 5.32 Å². The predicted octanol–water partition coefficient (Wildman–Crippen LogP) is 5.11. The van der Waals surface area contributed by atoms with Crippen LogP contribution in [0.1, 0.15) is 22.5 Å². The van der Waals surface area contributed by atoms with Crippen LogP contribution >= 0.6 is 11.3 Å². The van der Waals surface area contributed by atoms with Crippen molar-refractivity contribution in [2.24, 2.45) is 0 Å². The molecule has 0 saturated heterocycles. The van der Waals surface area contributed by atoms with Gasteiger partial charge in [-0.15, -0.1) is 11.3 Å². The number of rotatable bonds is 4. The highest BCUT2D eigenvalue weighted by molar-refractivity contribution is 7.07. The van der Waals surface area contributed by atoms with E-state index in [-0.39, 0.29) is 39.2 Å². The average Bonchev–Trinajstić information content (AvgIpc) is 3.23. The van der Waals surface area contributed by atoms with Gasteiger partial charge in [0.2, 0.25) is 0 Å². The molecule has 0 spiro atoms. The van der Waals surface area contributed by atoms with Crippen LogP contribution in [-0.2, 0) is 0 Å². The lowest BCUT2D eigenvalue weighted by atomic mass is 10.0. The first kappa shape index (κ1) is 18.0. The fourth-order valence-electron chi connectivity index (χ4n) is 2.83. The van der Waals surface area contributed by atoms with Crippen LogP contribution in [0.5, 0.6) is 0 Å². The first-order valence-corrected chi connectivity index (χ1v) is 9.13. The van der Waals surface area contributed by atoms with Gasteiger partial charge in [-0.05, 0) is 12.1 Å². The van der Waals surface area contributed by atoms with Crippen LogP contribution < -0.4 is 10.7 Å². The maximum Gasteiger partial charge on any atom is 0.275 e. The highest BCUT2D eigenvalue weighted by Gasteiger charge is 2.18. The van der Waals surface area contributed by atoms with E-state index in [4.69, 9.17) is 4.42 Å². The van der Waals surface area contributed by atoms with Crippen LogP contribution in [0.15, 0.2) is 68.6 Å². The second-order valence-electron chi connectivity index (χ2n) is 5.87. The molecule has 1 amide bonds. The lowest BCUT2D eigenvalue weighted by molar-refractivity contribution is 0.102. The lowest BCUT2D eigenvalue weighted by Gasteiger charge is -2.11. The van der Waals surface area contributed by atoms with Crippen LogP contribution in [0.4, 0.5) is 14.5 Å². The summed E-state index contributed by atoms with van der Waals surface area (Å²) >= 11 is 1.27. The quantitative estimate of drug-likeness (QED) is 0.519. The number of fused-ring (bicyclic) bond motifs is 1. The molecule has 140 valence electrons. The molecule has 0 unspecified atom stereocenters. The standard InChI is InChI=1S/C20H12F2N2O3S/c21-19(22)12-5-2-1-4-11(12)17-8-16(25)13-6-3-7-14(18(13)27-17)24-20(26)15-9-28-10-23-15/h1-10,19H,(H,24,26). The van der Waals surface area contributed by atoms with Gasteiger partial charge in [-0.3, -0.25) is 9.59 Å². The number of nitrogens with zero attached hydrogens (tertiary/aromatic N) is 1. The Morgan fingerprint density at radius 1 is 1.14 bits per heavy atom. The van der Waals surface area contributed by atoms with Crippen molar-refractivity contribution in [1.82, 2.24) is 4.98 Å². The number of hydrogen-bond acceptors (Lipinski definition) is 5. The first-order chi connectivity index (χ1) is 13.5. The van der Waals surface area contributed by atoms with E-state index < -0.39 is 17.8 Å². The van der Waals surface area contributed by atoms with Crippen molar-refractivity contribution >= 4 is 33.9 Å². The highest BCUT2D eigenvalue weighted by Crippen LogP contribution is 2.33. The molecule has 0 fully saturated rings. The molecule has 0 saturated carbocycles. The third kappa shape index (κ3) is 3.29. The van der Waals surface area contributed by atoms with Crippen molar-refractivity contribution < 1.29 is 18.0 Å². The molecule has 8 heteroatoms. The van der Waals surface area contributed by atoms with Crippen LogP contribution in [-0.4, -0.2) is 10.9 Å². The summed E-state index contributed by atoms with van der Waals surface area (Å²) in [6.07, 6.45) is -2.73. The Bertz CT molecular complexity index is 1220. The molecule has 2 aromatic heterocycles. The fourth-order valence-corrected chi connectivity index (χ4v) is 3.36. The Morgan fingerprint density at radius 2 is 1.96 bits per heavy atom. The van der Waals surface area contributed by atoms with Crippen LogP contribution in [0.3, 0.4) is 0 Å². The van der Waals surface area contributed by atoms with E-state index in [0.29, 0.717) is 0 Å². The van der Waals surface area contributed by atoms with E-state index in [1.54, 1.807) is 29.6 Å². The molecule has 4 rings (SSSR count). The predicted molar refractivity (Wildman–Crippen MR) is 103 cm³/mol. The van der Waals surface area contributed by atoms with E-state index in [0.717, 1.165) is 0 Å². The van der Waals surface area contributed by atoms with Gasteiger partial charge < -0.3 is 9.73 Å². The zero-order valence-corrected chi connectivity index (χ0v) is 15.0. The lowest BCUT2D eigenvalue weighted by Crippen LogP contribution is -2.13. The number of para-hydroxylation sites is 1. The zero-order valence-electron chi connectivity index (χ0n) is 14.2. The number of nitrogens with one attached hydrogen (secondary N) is 1. The minimum atomic E-state index is -2.73. The van der Waals surface area contributed by atoms with Gasteiger partial charge in [0.15, 0.2) is 11.0 Å². The number of halogens is 2. The number of anilines is 1. The second kappa shape index (κ2) is 7.32. The maximum atomic E-state index is 13.4. The Kier molecular flexibility index (Phi) is 4.70. The molecular weight excluding hydrogens is 386 g/mol. The summed E-state index contributed by atoms with van der Waals surface area (Å²) in [5.41, 5.74) is 1.60. The summed E-state index contributed by atoms with van der Waals surface area (Å²) in [5, 5.41) is 4.47. The molecule has 0 aliphatic heterocycles. The molecule has 0 aliphatic rings. The van der Waals surface area contributed by atoms with Crippen molar-refractivity contribution in [2.45, 2.75) is 6.43 Å². The summed E-state index contributed by atoms with van der Waals surface area (Å²) < 4.78 is 32.5. The number of benzene rings is 2. The average molecular weight is 398 g/mol. The van der Waals surface area contributed by atoms with Crippen molar-refractivity contribution in [3.8, 4) is 11.3 Å². The summed E-state index contributed by atoms with van der Waals surface area (Å²) in [5.74, 6) is -0.460. The van der Waals surface area contributed by atoms with Gasteiger partial charge in [-0.2, -0.15) is 0 Å². The maximum absolute atomic E-state index is 13.4. The van der Waals surface area contributed by atoms with E-state index in [9.17, 15) is 18.4 Å². The Morgan fingerprint density at radius 3 is 2.71 bits per heavy atom. The van der Waals surface area contributed by atoms with Crippen molar-refractivity contribution in [1.29, 1.82) is 0 Å². The molecule has 0 atom stereocenters. The molecule has 5 nitrogen and oxygen atoms in total. The number of hydrogen-bond donors (Lipinski definition) is 1. The summed E-state index contributed by atoms with van der Waals surface area (Å²) in [6.45, 7) is 0. The molecule has 0 bridgehead atoms. The SMILES string of the molecule is O=C(Nc1cccc2c(=O)cc(-c3ccccc3C(F)F)oc12)c1cscn1. The van der Waals surface area contributed by atoms with E-state index in [1.165, 1.54) is 41.1 Å². The van der Waals surface area contributed by atoms with Gasteiger partial charge in [0.1, 0.15) is 11.5 Å². The molecule has 1 N–H and O–H groups in total. The van der Waals surface area contributed by atoms with E-state index >= 15 is 0 Å². The van der Waals surface area contributed by atoms with Crippen molar-refractivity contribution in [3.63, 3.8) is 0 Å². The van der Waals surface area contributed by atoms with Gasteiger partial charge in [0.05, 0.1) is 16.6 Å². The molecule has 0 radical (unpaired) electrons. The van der Waals surface area contributed by atoms with Gasteiger partial charge in [-0.1, -0.05) is 30.3 Å². The minimum absolute atomic E-state index is 0.00348. The molecule has 0 aliphatic carbocycles. The first-order valence-electron chi connectivity index (χ1n) is 8.18. The largest absolute Gasteiger partial charge is 0.454 e. The third-order valence-electron chi connectivity index (χ3n) is 4.13. The third-order valence-corrected chi connectivity index (χ3v) is 4.72. The van der Waals surface area contributed by atoms with Crippen LogP contribution in [0, 0.1) is 0 Å². The number of alkyl halides is 2. The van der Waals surface area contributed by atoms with Crippen LogP contribution in [0.25, 0.3) is 22.3 Å². The fraction of sp³-hybridized carbons (Fsp3) is 0.0500. The van der Waals surface area contributed by atoms with Gasteiger partial charge in [0, 0.05) is 22.6 Å². The summed E-state index contributed by atoms with van der Waals surface area (Å²) in [4.78, 5) is 28.8. The minimum Gasteiger partial charge on any atom is -0.454 e. The van der Waals surface area contributed by atoms with Gasteiger partial charge in [-0.25, -0.2) is 13.8 Å². The zero-order chi connectivity index (χ0) is 19.7. The Balaban J connectivity index is 1.86. The van der Waals surface area contributed by atoms with Crippen LogP contribution in [0.2, 0.25) is 0 Å². The molecular formula is C20H12F2N2O3S. The monoisotopic (exact) mass is 398 g/mol. The Labute approximate surface area is 161 Å². The smallest absolute Gasteiger partial charge is 0.275 e. The number of carbonyl (C=O) groups excluding carboxylic acids is 1. The van der Waals surface area contributed by atoms with E-state index in [1.807, 2.05) is 0 Å². The van der Waals surface area contributed by atoms with Gasteiger partial charge in [0.25, 0.3) is 12.3 Å². The molecule has 28 heavy (non-hydrogen) atoms. The second-order valence-corrected chi connectivity index (χ2v) is 6.59. The summed E-state index contributed by atoms with van der Waals surface area (Å²) in [7, 11) is 0. The molecule has 2 heterocycles. The molecule has 4 aromatic rings. The van der Waals surface area contributed by atoms with Crippen molar-refractivity contribution in [3.05, 3.63) is 80.9 Å². The number of aromatic nitrogens is 1. The highest BCUT2D eigenvalue weighted by atomic mass is 32.1. The normalized spacial score (nSPS) is 11.1. The van der Waals surface area contributed by atoms with Gasteiger partial charge >= 0.3 is 0 Å². The molecule has 2 aromatic carbocycles. The Hall–Kier alpha value is -3.39. The van der Waals surface area contributed by atoms with E-state index in [2.05, 4.69) is 10.3 Å². The number of carbonyl (C=O) groups is 1. The number of thiazole rings is 1. The number of amides is 1. The topological polar surface area (TPSA) is 72.2 Å².